The largest absolute Gasteiger partial charge is 0.481 e. The number of unbranched alkanes of at least 4 members (excludes halogenated alkanes) is 14. The van der Waals surface area contributed by atoms with Crippen LogP contribution in [0.2, 0.25) is 0 Å². The number of carboxylic acid groups (broad SMARTS) is 1. The predicted molar refractivity (Wildman–Crippen MR) is 118 cm³/mol. The average Bonchev–Trinajstić information content (AvgIpc) is 3.13. The van der Waals surface area contributed by atoms with Crippen LogP contribution < -0.4 is 0 Å². The van der Waals surface area contributed by atoms with E-state index < -0.39 is 5.97 Å². The highest BCUT2D eigenvalue weighted by atomic mass is 16.4. The lowest BCUT2D eigenvalue weighted by Gasteiger charge is -2.03. The van der Waals surface area contributed by atoms with Gasteiger partial charge in [-0.25, -0.2) is 0 Å². The Morgan fingerprint density at radius 3 is 1.50 bits per heavy atom. The zero-order valence-electron chi connectivity index (χ0n) is 18.4. The van der Waals surface area contributed by atoms with E-state index in [0.29, 0.717) is 6.42 Å². The Balaban J connectivity index is 1.83. The van der Waals surface area contributed by atoms with Crippen molar-refractivity contribution in [2.45, 2.75) is 129 Å². The highest BCUT2D eigenvalue weighted by molar-refractivity contribution is 5.66. The van der Waals surface area contributed by atoms with Crippen LogP contribution in [0.4, 0.5) is 0 Å². The zero-order chi connectivity index (χ0) is 20.3. The van der Waals surface area contributed by atoms with Crippen LogP contribution in [-0.2, 0) is 17.6 Å². The van der Waals surface area contributed by atoms with Crippen LogP contribution in [-0.4, -0.2) is 11.1 Å². The van der Waals surface area contributed by atoms with Crippen molar-refractivity contribution < 1.29 is 14.3 Å². The molecule has 0 radical (unpaired) electrons. The first-order valence-corrected chi connectivity index (χ1v) is 12.0. The van der Waals surface area contributed by atoms with Gasteiger partial charge in [0.1, 0.15) is 11.5 Å². The molecule has 0 saturated heterocycles. The van der Waals surface area contributed by atoms with E-state index in [2.05, 4.69) is 19.1 Å². The Bertz CT molecular complexity index is 478. The topological polar surface area (TPSA) is 50.4 Å². The summed E-state index contributed by atoms with van der Waals surface area (Å²) < 4.78 is 5.95. The molecule has 0 spiro atoms. The summed E-state index contributed by atoms with van der Waals surface area (Å²) in [7, 11) is 0. The summed E-state index contributed by atoms with van der Waals surface area (Å²) in [6.45, 7) is 2.25. The van der Waals surface area contributed by atoms with Gasteiger partial charge in [0.05, 0.1) is 0 Å². The molecule has 0 atom stereocenters. The summed E-state index contributed by atoms with van der Waals surface area (Å²) in [4.78, 5) is 10.4. The maximum absolute atomic E-state index is 10.4. The standard InChI is InChI=1S/C25H44O3/c1-2-3-4-15-18-23-21-22-24(28-23)19-16-13-11-9-7-5-6-8-10-12-14-17-20-25(26)27/h21-22H,2-20H2,1H3,(H,26,27). The maximum Gasteiger partial charge on any atom is 0.303 e. The molecule has 0 aliphatic rings. The molecule has 1 N–H and O–H groups in total. The molecule has 0 bridgehead atoms. The van der Waals surface area contributed by atoms with E-state index in [1.807, 2.05) is 0 Å². The quantitative estimate of drug-likeness (QED) is 0.228. The van der Waals surface area contributed by atoms with Crippen molar-refractivity contribution in [3.63, 3.8) is 0 Å². The highest BCUT2D eigenvalue weighted by Gasteiger charge is 2.02. The second-order valence-electron chi connectivity index (χ2n) is 8.32. The van der Waals surface area contributed by atoms with Crippen LogP contribution in [0.5, 0.6) is 0 Å². The molecule has 0 aromatic carbocycles. The first-order valence-electron chi connectivity index (χ1n) is 12.0. The third-order valence-electron chi connectivity index (χ3n) is 5.56. The molecule has 1 aromatic rings. The van der Waals surface area contributed by atoms with Crippen LogP contribution in [0.25, 0.3) is 0 Å². The fourth-order valence-electron chi connectivity index (χ4n) is 3.76. The molecular formula is C25H44O3. The van der Waals surface area contributed by atoms with E-state index >= 15 is 0 Å². The van der Waals surface area contributed by atoms with Crippen LogP contribution in [0, 0.1) is 0 Å². The monoisotopic (exact) mass is 392 g/mol. The molecular weight excluding hydrogens is 348 g/mol. The minimum absolute atomic E-state index is 0.333. The number of aryl methyl sites for hydroxylation is 2. The smallest absolute Gasteiger partial charge is 0.303 e. The van der Waals surface area contributed by atoms with Crippen LogP contribution in [0.1, 0.15) is 128 Å². The number of carboxylic acids is 1. The molecule has 0 saturated carbocycles. The highest BCUT2D eigenvalue weighted by Crippen LogP contribution is 2.16. The molecule has 0 aliphatic carbocycles. The van der Waals surface area contributed by atoms with Crippen molar-refractivity contribution in [1.82, 2.24) is 0 Å². The Labute approximate surface area is 173 Å². The number of furan rings is 1. The number of hydrogen-bond acceptors (Lipinski definition) is 2. The third kappa shape index (κ3) is 14.8. The van der Waals surface area contributed by atoms with Gasteiger partial charge in [0, 0.05) is 19.3 Å². The fraction of sp³-hybridized carbons (Fsp3) is 0.800. The number of rotatable bonds is 20. The van der Waals surface area contributed by atoms with Gasteiger partial charge >= 0.3 is 5.97 Å². The van der Waals surface area contributed by atoms with Crippen molar-refractivity contribution in [2.24, 2.45) is 0 Å². The van der Waals surface area contributed by atoms with Crippen molar-refractivity contribution in [3.8, 4) is 0 Å². The number of aliphatic carboxylic acids is 1. The third-order valence-corrected chi connectivity index (χ3v) is 5.56. The summed E-state index contributed by atoms with van der Waals surface area (Å²) in [5.41, 5.74) is 0. The number of carbonyl (C=O) groups is 1. The molecule has 0 amide bonds. The van der Waals surface area contributed by atoms with Gasteiger partial charge in [-0.2, -0.15) is 0 Å². The Morgan fingerprint density at radius 1 is 0.679 bits per heavy atom. The molecule has 0 aliphatic heterocycles. The molecule has 162 valence electrons. The Hall–Kier alpha value is -1.25. The summed E-state index contributed by atoms with van der Waals surface area (Å²) in [5, 5.41) is 8.59. The molecule has 1 rings (SSSR count). The van der Waals surface area contributed by atoms with Crippen molar-refractivity contribution >= 4 is 5.97 Å². The van der Waals surface area contributed by atoms with Gasteiger partial charge in [0.2, 0.25) is 0 Å². The summed E-state index contributed by atoms with van der Waals surface area (Å²) in [6, 6.07) is 4.35. The van der Waals surface area contributed by atoms with E-state index in [4.69, 9.17) is 9.52 Å². The van der Waals surface area contributed by atoms with Crippen LogP contribution >= 0.6 is 0 Å². The molecule has 0 fully saturated rings. The summed E-state index contributed by atoms with van der Waals surface area (Å²) in [5.74, 6) is 1.69. The Kier molecular flexibility index (Phi) is 15.8. The van der Waals surface area contributed by atoms with Crippen molar-refractivity contribution in [3.05, 3.63) is 23.7 Å². The summed E-state index contributed by atoms with van der Waals surface area (Å²) in [6.07, 6.45) is 22.7. The molecule has 3 nitrogen and oxygen atoms in total. The van der Waals surface area contributed by atoms with E-state index in [0.717, 1.165) is 25.7 Å². The van der Waals surface area contributed by atoms with Gasteiger partial charge in [-0.15, -0.1) is 0 Å². The minimum atomic E-state index is -0.660. The van der Waals surface area contributed by atoms with Crippen molar-refractivity contribution in [2.75, 3.05) is 0 Å². The van der Waals surface area contributed by atoms with E-state index in [9.17, 15) is 4.79 Å². The first kappa shape index (κ1) is 24.8. The van der Waals surface area contributed by atoms with E-state index in [1.54, 1.807) is 0 Å². The molecule has 1 heterocycles. The van der Waals surface area contributed by atoms with E-state index in [1.165, 1.54) is 101 Å². The first-order chi connectivity index (χ1) is 13.7. The Morgan fingerprint density at radius 2 is 1.07 bits per heavy atom. The maximum atomic E-state index is 10.4. The van der Waals surface area contributed by atoms with E-state index in [-0.39, 0.29) is 0 Å². The second kappa shape index (κ2) is 17.8. The normalized spacial score (nSPS) is 11.2. The number of hydrogen-bond donors (Lipinski definition) is 1. The SMILES string of the molecule is CCCCCCc1ccc(CCCCCCCCCCCCCCC(=O)O)o1. The van der Waals surface area contributed by atoms with Gasteiger partial charge < -0.3 is 9.52 Å². The van der Waals surface area contributed by atoms with Crippen molar-refractivity contribution in [1.29, 1.82) is 0 Å². The molecule has 28 heavy (non-hydrogen) atoms. The molecule has 1 aromatic heterocycles. The second-order valence-corrected chi connectivity index (χ2v) is 8.32. The van der Waals surface area contributed by atoms with Gasteiger partial charge in [-0.1, -0.05) is 90.4 Å². The zero-order valence-corrected chi connectivity index (χ0v) is 18.4. The lowest BCUT2D eigenvalue weighted by Crippen LogP contribution is -1.93. The van der Waals surface area contributed by atoms with Gasteiger partial charge in [-0.05, 0) is 31.4 Å². The summed E-state index contributed by atoms with van der Waals surface area (Å²) >= 11 is 0. The lowest BCUT2D eigenvalue weighted by molar-refractivity contribution is -0.137. The molecule has 0 unspecified atom stereocenters. The lowest BCUT2D eigenvalue weighted by atomic mass is 10.0. The van der Waals surface area contributed by atoms with Crippen LogP contribution in [0.3, 0.4) is 0 Å². The predicted octanol–water partition coefficient (Wildman–Crippen LogP) is 8.10. The van der Waals surface area contributed by atoms with Gasteiger partial charge in [0.25, 0.3) is 0 Å². The average molecular weight is 393 g/mol. The van der Waals surface area contributed by atoms with Gasteiger partial charge in [0.15, 0.2) is 0 Å². The van der Waals surface area contributed by atoms with Gasteiger partial charge in [-0.3, -0.25) is 4.79 Å². The fourth-order valence-corrected chi connectivity index (χ4v) is 3.76. The minimum Gasteiger partial charge on any atom is -0.481 e. The molecule has 3 heteroatoms. The van der Waals surface area contributed by atoms with Crippen LogP contribution in [0.15, 0.2) is 16.5 Å².